The molecule has 0 unspecified atom stereocenters. The standard InChI is InChI=1S/C50H30O4/c1-54-48-26-42(50(52)53)25-47(49(48)51)43-8-4-7-29-13-34-18-35-14-30-9-10-31-15-36-19-37-16-32-11-27-5-2-3-6-28(27)12-33(32)17-38(37)20-39(36)23-45(31)46(30)24-41(35)21-40(34)22-44(29)43/h2-26,51H,1H3,(H,52,53). The molecule has 0 aliphatic heterocycles. The maximum atomic E-state index is 12.0. The molecule has 0 saturated carbocycles. The number of phenols is 1. The first-order chi connectivity index (χ1) is 26.4. The van der Waals surface area contributed by atoms with Crippen molar-refractivity contribution in [2.24, 2.45) is 0 Å². The second kappa shape index (κ2) is 11.2. The average Bonchev–Trinajstić information content (AvgIpc) is 3.18. The summed E-state index contributed by atoms with van der Waals surface area (Å²) in [7, 11) is 1.42. The quantitative estimate of drug-likeness (QED) is 0.143. The third-order valence-corrected chi connectivity index (χ3v) is 11.3. The molecule has 0 amide bonds. The fourth-order valence-corrected chi connectivity index (χ4v) is 8.61. The molecule has 0 saturated heterocycles. The van der Waals surface area contributed by atoms with E-state index in [2.05, 4.69) is 121 Å². The molecular formula is C50H30O4. The molecule has 0 fully saturated rings. The summed E-state index contributed by atoms with van der Waals surface area (Å²) >= 11 is 0. The van der Waals surface area contributed by atoms with E-state index in [0.29, 0.717) is 5.56 Å². The zero-order valence-electron chi connectivity index (χ0n) is 29.1. The van der Waals surface area contributed by atoms with Gasteiger partial charge in [-0.15, -0.1) is 0 Å². The summed E-state index contributed by atoms with van der Waals surface area (Å²) in [6, 6.07) is 53.6. The molecule has 0 bridgehead atoms. The van der Waals surface area contributed by atoms with Gasteiger partial charge in [0.2, 0.25) is 0 Å². The Morgan fingerprint density at radius 2 is 0.796 bits per heavy atom. The fraction of sp³-hybridized carbons (Fsp3) is 0.0200. The summed E-state index contributed by atoms with van der Waals surface area (Å²) in [4.78, 5) is 12.0. The van der Waals surface area contributed by atoms with Crippen LogP contribution in [0.5, 0.6) is 11.5 Å². The monoisotopic (exact) mass is 694 g/mol. The largest absolute Gasteiger partial charge is 0.504 e. The number of aromatic carboxylic acids is 1. The number of fused-ring (bicyclic) bond motifs is 10. The van der Waals surface area contributed by atoms with E-state index in [1.165, 1.54) is 83.9 Å². The number of carboxylic acid groups (broad SMARTS) is 1. The number of methoxy groups -OCH3 is 1. The van der Waals surface area contributed by atoms with Gasteiger partial charge >= 0.3 is 5.97 Å². The van der Waals surface area contributed by atoms with E-state index in [1.54, 1.807) is 0 Å². The van der Waals surface area contributed by atoms with Crippen LogP contribution in [-0.2, 0) is 0 Å². The highest BCUT2D eigenvalue weighted by molar-refractivity contribution is 6.19. The van der Waals surface area contributed by atoms with Gasteiger partial charge < -0.3 is 14.9 Å². The Morgan fingerprint density at radius 1 is 0.407 bits per heavy atom. The van der Waals surface area contributed by atoms with Gasteiger partial charge in [0.1, 0.15) is 0 Å². The summed E-state index contributed by atoms with van der Waals surface area (Å²) in [6.07, 6.45) is 0. The molecule has 0 aromatic heterocycles. The number of hydrogen-bond donors (Lipinski definition) is 2. The molecule has 0 spiro atoms. The topological polar surface area (TPSA) is 66.8 Å². The van der Waals surface area contributed by atoms with Crippen molar-refractivity contribution in [1.29, 1.82) is 0 Å². The number of benzene rings is 11. The van der Waals surface area contributed by atoms with E-state index in [-0.39, 0.29) is 17.1 Å². The SMILES string of the molecule is COc1cc(C(=O)O)cc(-c2cccc3cc4cc5cc6ccc7cc8cc9cc%10cc%11ccccc%11cc%10cc9cc8cc7c6cc5cc4cc23)c1O. The lowest BCUT2D eigenvalue weighted by molar-refractivity contribution is 0.0696. The molecule has 4 heteroatoms. The van der Waals surface area contributed by atoms with E-state index in [1.807, 2.05) is 18.2 Å². The van der Waals surface area contributed by atoms with Crippen LogP contribution < -0.4 is 4.74 Å². The highest BCUT2D eigenvalue weighted by atomic mass is 16.5. The van der Waals surface area contributed by atoms with E-state index >= 15 is 0 Å². The first kappa shape index (κ1) is 30.5. The maximum absolute atomic E-state index is 12.0. The molecule has 54 heavy (non-hydrogen) atoms. The van der Waals surface area contributed by atoms with Crippen molar-refractivity contribution >= 4 is 103 Å². The minimum absolute atomic E-state index is 0.0470. The Balaban J connectivity index is 1.09. The third kappa shape index (κ3) is 4.60. The van der Waals surface area contributed by atoms with E-state index in [0.717, 1.165) is 37.9 Å². The van der Waals surface area contributed by atoms with Crippen LogP contribution in [0, 0.1) is 0 Å². The van der Waals surface area contributed by atoms with Crippen molar-refractivity contribution in [3.8, 4) is 22.6 Å². The minimum Gasteiger partial charge on any atom is -0.504 e. The lowest BCUT2D eigenvalue weighted by atomic mass is 9.91. The Bertz CT molecular complexity index is 3470. The fourth-order valence-electron chi connectivity index (χ4n) is 8.61. The van der Waals surface area contributed by atoms with Gasteiger partial charge in [-0.3, -0.25) is 0 Å². The first-order valence-electron chi connectivity index (χ1n) is 18.0. The summed E-state index contributed by atoms with van der Waals surface area (Å²) < 4.78 is 5.35. The van der Waals surface area contributed by atoms with Gasteiger partial charge in [-0.1, -0.05) is 54.6 Å². The van der Waals surface area contributed by atoms with Crippen LogP contribution in [0.25, 0.3) is 108 Å². The second-order valence-electron chi connectivity index (χ2n) is 14.5. The van der Waals surface area contributed by atoms with Gasteiger partial charge in [0.05, 0.1) is 12.7 Å². The molecule has 4 nitrogen and oxygen atoms in total. The van der Waals surface area contributed by atoms with Crippen LogP contribution in [0.1, 0.15) is 10.4 Å². The lowest BCUT2D eigenvalue weighted by Gasteiger charge is -2.14. The van der Waals surface area contributed by atoms with Crippen molar-refractivity contribution in [1.82, 2.24) is 0 Å². The van der Waals surface area contributed by atoms with E-state index < -0.39 is 5.97 Å². The predicted octanol–water partition coefficient (Wildman–Crippen LogP) is 13.1. The van der Waals surface area contributed by atoms with Crippen LogP contribution >= 0.6 is 0 Å². The molecule has 11 aromatic rings. The molecule has 11 rings (SSSR count). The lowest BCUT2D eigenvalue weighted by Crippen LogP contribution is -1.99. The van der Waals surface area contributed by atoms with Crippen LogP contribution in [0.15, 0.2) is 152 Å². The van der Waals surface area contributed by atoms with Crippen molar-refractivity contribution < 1.29 is 19.7 Å². The number of carboxylic acids is 1. The van der Waals surface area contributed by atoms with Gasteiger partial charge in [0.25, 0.3) is 0 Å². The summed E-state index contributed by atoms with van der Waals surface area (Å²) in [6.45, 7) is 0. The molecule has 0 atom stereocenters. The molecule has 0 aliphatic carbocycles. The van der Waals surface area contributed by atoms with Gasteiger partial charge in [-0.05, 0) is 200 Å². The molecule has 0 aliphatic rings. The van der Waals surface area contributed by atoms with Crippen molar-refractivity contribution in [3.63, 3.8) is 0 Å². The molecule has 2 N–H and O–H groups in total. The van der Waals surface area contributed by atoms with Crippen molar-refractivity contribution in [3.05, 3.63) is 157 Å². The highest BCUT2D eigenvalue weighted by Gasteiger charge is 2.18. The summed E-state index contributed by atoms with van der Waals surface area (Å²) in [5, 5.41) is 42.0. The van der Waals surface area contributed by atoms with Gasteiger partial charge in [-0.2, -0.15) is 0 Å². The number of ether oxygens (including phenoxy) is 1. The van der Waals surface area contributed by atoms with Crippen molar-refractivity contribution in [2.75, 3.05) is 7.11 Å². The minimum atomic E-state index is -1.09. The zero-order chi connectivity index (χ0) is 36.2. The average molecular weight is 695 g/mol. The molecular weight excluding hydrogens is 665 g/mol. The van der Waals surface area contributed by atoms with Crippen LogP contribution in [-0.4, -0.2) is 23.3 Å². The Kier molecular flexibility index (Phi) is 6.30. The van der Waals surface area contributed by atoms with Gasteiger partial charge in [0.15, 0.2) is 11.5 Å². The Labute approximate surface area is 308 Å². The van der Waals surface area contributed by atoms with Crippen LogP contribution in [0.2, 0.25) is 0 Å². The number of rotatable bonds is 3. The first-order valence-corrected chi connectivity index (χ1v) is 18.0. The Morgan fingerprint density at radius 3 is 1.26 bits per heavy atom. The maximum Gasteiger partial charge on any atom is 0.335 e. The summed E-state index contributed by atoms with van der Waals surface area (Å²) in [5.74, 6) is -1.05. The van der Waals surface area contributed by atoms with E-state index in [9.17, 15) is 15.0 Å². The molecule has 11 aromatic carbocycles. The zero-order valence-corrected chi connectivity index (χ0v) is 29.1. The summed E-state index contributed by atoms with van der Waals surface area (Å²) in [5.41, 5.74) is 1.20. The normalized spacial score (nSPS) is 12.0. The van der Waals surface area contributed by atoms with Gasteiger partial charge in [0, 0.05) is 5.56 Å². The van der Waals surface area contributed by atoms with Crippen LogP contribution in [0.3, 0.4) is 0 Å². The number of hydrogen-bond acceptors (Lipinski definition) is 3. The Hall–Kier alpha value is -7.17. The van der Waals surface area contributed by atoms with Gasteiger partial charge in [-0.25, -0.2) is 4.79 Å². The number of phenolic OH excluding ortho intramolecular Hbond substituents is 1. The number of aromatic hydroxyl groups is 1. The molecule has 0 radical (unpaired) electrons. The highest BCUT2D eigenvalue weighted by Crippen LogP contribution is 2.43. The van der Waals surface area contributed by atoms with E-state index in [4.69, 9.17) is 4.74 Å². The van der Waals surface area contributed by atoms with Crippen molar-refractivity contribution in [2.45, 2.75) is 0 Å². The molecule has 254 valence electrons. The molecule has 0 heterocycles. The third-order valence-electron chi connectivity index (χ3n) is 11.3. The number of carbonyl (C=O) groups is 1. The van der Waals surface area contributed by atoms with Crippen LogP contribution in [0.4, 0.5) is 0 Å². The second-order valence-corrected chi connectivity index (χ2v) is 14.5. The smallest absolute Gasteiger partial charge is 0.335 e. The predicted molar refractivity (Wildman–Crippen MR) is 225 cm³/mol.